The molecule has 0 bridgehead atoms. The molecule has 0 atom stereocenters. The van der Waals surface area contributed by atoms with Gasteiger partial charge in [0.15, 0.2) is 0 Å². The van der Waals surface area contributed by atoms with E-state index >= 15 is 0 Å². The molecule has 0 unspecified atom stereocenters. The highest BCUT2D eigenvalue weighted by atomic mass is 16.5. The van der Waals surface area contributed by atoms with Crippen molar-refractivity contribution in [3.8, 4) is 11.4 Å². The van der Waals surface area contributed by atoms with E-state index in [1.54, 1.807) is 10.8 Å². The van der Waals surface area contributed by atoms with Crippen LogP contribution >= 0.6 is 0 Å². The first kappa shape index (κ1) is 23.3. The normalized spacial score (nSPS) is 14.9. The summed E-state index contributed by atoms with van der Waals surface area (Å²) in [5.74, 6) is 2.71. The van der Waals surface area contributed by atoms with Gasteiger partial charge in [0, 0.05) is 31.7 Å². The van der Waals surface area contributed by atoms with Crippen LogP contribution in [0.4, 0.5) is 0 Å². The lowest BCUT2D eigenvalue weighted by molar-refractivity contribution is 0.109. The molecule has 1 aliphatic heterocycles. The van der Waals surface area contributed by atoms with Crippen molar-refractivity contribution in [3.05, 3.63) is 100 Å². The number of hydrogen-bond donors (Lipinski definition) is 0. The van der Waals surface area contributed by atoms with E-state index in [0.29, 0.717) is 36.7 Å². The summed E-state index contributed by atoms with van der Waals surface area (Å²) in [6.45, 7) is 7.04. The maximum Gasteiger partial charge on any atom is 0.261 e. The van der Waals surface area contributed by atoms with Gasteiger partial charge in [0.05, 0.1) is 36.8 Å². The van der Waals surface area contributed by atoms with E-state index in [0.717, 1.165) is 48.8 Å². The largest absolute Gasteiger partial charge is 0.467 e. The Bertz CT molecular complexity index is 1550. The van der Waals surface area contributed by atoms with Gasteiger partial charge in [-0.3, -0.25) is 19.2 Å². The van der Waals surface area contributed by atoms with Crippen molar-refractivity contribution in [3.63, 3.8) is 0 Å². The number of furan rings is 1. The molecule has 0 aliphatic carbocycles. The molecule has 5 aromatic rings. The summed E-state index contributed by atoms with van der Waals surface area (Å²) < 4.78 is 12.8. The van der Waals surface area contributed by atoms with Gasteiger partial charge in [-0.1, -0.05) is 47.1 Å². The predicted molar refractivity (Wildman–Crippen MR) is 139 cm³/mol. The highest BCUT2D eigenvalue weighted by molar-refractivity contribution is 5.77. The van der Waals surface area contributed by atoms with Gasteiger partial charge in [0.2, 0.25) is 11.7 Å². The van der Waals surface area contributed by atoms with Crippen molar-refractivity contribution in [2.24, 2.45) is 0 Å². The molecule has 0 N–H and O–H groups in total. The summed E-state index contributed by atoms with van der Waals surface area (Å²) in [5, 5.41) is 4.77. The standard InChI is InChI=1S/C28H28N6O3/c1-20-8-10-21(11-9-20)27-30-26(37-31-27)19-33-14-12-32(13-15-33)18-25-29-24-7-3-2-6-23(24)28(35)34(25)17-22-5-4-16-36-22/h2-11,16H,12-15,17-19H2,1H3. The van der Waals surface area contributed by atoms with E-state index in [9.17, 15) is 4.79 Å². The van der Waals surface area contributed by atoms with Crippen molar-refractivity contribution >= 4 is 10.9 Å². The topological polar surface area (TPSA) is 93.4 Å². The van der Waals surface area contributed by atoms with Crippen LogP contribution in [0.5, 0.6) is 0 Å². The van der Waals surface area contributed by atoms with Crippen LogP contribution < -0.4 is 5.56 Å². The second-order valence-corrected chi connectivity index (χ2v) is 9.45. The molecule has 188 valence electrons. The second-order valence-electron chi connectivity index (χ2n) is 9.45. The van der Waals surface area contributed by atoms with Crippen molar-refractivity contribution in [2.75, 3.05) is 26.2 Å². The Kier molecular flexibility index (Phi) is 6.38. The van der Waals surface area contributed by atoms with E-state index in [1.807, 2.05) is 60.7 Å². The van der Waals surface area contributed by atoms with Gasteiger partial charge >= 0.3 is 0 Å². The van der Waals surface area contributed by atoms with Gasteiger partial charge in [-0.2, -0.15) is 4.98 Å². The minimum Gasteiger partial charge on any atom is -0.467 e. The van der Waals surface area contributed by atoms with Crippen LogP contribution in [0.15, 0.2) is 80.7 Å². The molecule has 9 nitrogen and oxygen atoms in total. The highest BCUT2D eigenvalue weighted by Crippen LogP contribution is 2.18. The van der Waals surface area contributed by atoms with E-state index < -0.39 is 0 Å². The lowest BCUT2D eigenvalue weighted by atomic mass is 10.1. The fourth-order valence-electron chi connectivity index (χ4n) is 4.69. The second kappa shape index (κ2) is 10.1. The lowest BCUT2D eigenvalue weighted by Gasteiger charge is -2.34. The van der Waals surface area contributed by atoms with Gasteiger partial charge in [0.25, 0.3) is 5.56 Å². The maximum absolute atomic E-state index is 13.3. The number of benzene rings is 2. The predicted octanol–water partition coefficient (Wildman–Crippen LogP) is 3.71. The molecule has 6 rings (SSSR count). The molecule has 37 heavy (non-hydrogen) atoms. The molecular formula is C28H28N6O3. The minimum absolute atomic E-state index is 0.0450. The van der Waals surface area contributed by atoms with Crippen molar-refractivity contribution < 1.29 is 8.94 Å². The average molecular weight is 497 g/mol. The van der Waals surface area contributed by atoms with Crippen LogP contribution in [0, 0.1) is 6.92 Å². The van der Waals surface area contributed by atoms with E-state index in [-0.39, 0.29) is 5.56 Å². The number of nitrogens with zero attached hydrogens (tertiary/aromatic N) is 6. The number of fused-ring (bicyclic) bond motifs is 1. The molecule has 0 saturated carbocycles. The van der Waals surface area contributed by atoms with Gasteiger partial charge in [-0.05, 0) is 31.2 Å². The van der Waals surface area contributed by atoms with Crippen LogP contribution in [0.25, 0.3) is 22.3 Å². The van der Waals surface area contributed by atoms with E-state index in [1.165, 1.54) is 5.56 Å². The first-order chi connectivity index (χ1) is 18.1. The summed E-state index contributed by atoms with van der Waals surface area (Å²) in [6, 6.07) is 19.3. The summed E-state index contributed by atoms with van der Waals surface area (Å²) in [6.07, 6.45) is 1.63. The zero-order valence-electron chi connectivity index (χ0n) is 20.7. The zero-order valence-corrected chi connectivity index (χ0v) is 20.7. The number of rotatable bonds is 7. The summed E-state index contributed by atoms with van der Waals surface area (Å²) in [5.41, 5.74) is 2.82. The minimum atomic E-state index is -0.0450. The Labute approximate surface area is 214 Å². The van der Waals surface area contributed by atoms with Crippen molar-refractivity contribution in [1.29, 1.82) is 0 Å². The van der Waals surface area contributed by atoms with Gasteiger partial charge in [-0.15, -0.1) is 0 Å². The first-order valence-electron chi connectivity index (χ1n) is 12.5. The maximum atomic E-state index is 13.3. The average Bonchev–Trinajstić information content (AvgIpc) is 3.60. The third kappa shape index (κ3) is 5.09. The van der Waals surface area contributed by atoms with Crippen LogP contribution in [-0.2, 0) is 19.6 Å². The molecule has 3 aromatic heterocycles. The fourth-order valence-corrected chi connectivity index (χ4v) is 4.69. The molecule has 9 heteroatoms. The summed E-state index contributed by atoms with van der Waals surface area (Å²) >= 11 is 0. The van der Waals surface area contributed by atoms with E-state index in [2.05, 4.69) is 26.9 Å². The van der Waals surface area contributed by atoms with Gasteiger partial charge in [-0.25, -0.2) is 4.98 Å². The summed E-state index contributed by atoms with van der Waals surface area (Å²) in [4.78, 5) is 27.4. The lowest BCUT2D eigenvalue weighted by Crippen LogP contribution is -2.46. The third-order valence-corrected chi connectivity index (χ3v) is 6.80. The smallest absolute Gasteiger partial charge is 0.261 e. The Hall–Kier alpha value is -4.08. The monoisotopic (exact) mass is 496 g/mol. The van der Waals surface area contributed by atoms with Gasteiger partial charge in [0.1, 0.15) is 11.6 Å². The number of para-hydroxylation sites is 1. The third-order valence-electron chi connectivity index (χ3n) is 6.80. The molecular weight excluding hydrogens is 468 g/mol. The number of piperazine rings is 1. The molecule has 1 aliphatic rings. The molecule has 1 fully saturated rings. The Balaban J connectivity index is 1.13. The molecule has 1 saturated heterocycles. The van der Waals surface area contributed by atoms with Crippen LogP contribution in [0.2, 0.25) is 0 Å². The Morgan fingerprint density at radius 2 is 1.59 bits per heavy atom. The quantitative estimate of drug-likeness (QED) is 0.337. The Morgan fingerprint density at radius 3 is 2.35 bits per heavy atom. The zero-order chi connectivity index (χ0) is 25.2. The Morgan fingerprint density at radius 1 is 0.838 bits per heavy atom. The first-order valence-corrected chi connectivity index (χ1v) is 12.5. The van der Waals surface area contributed by atoms with Crippen molar-refractivity contribution in [1.82, 2.24) is 29.5 Å². The fraction of sp³-hybridized carbons (Fsp3) is 0.286. The SMILES string of the molecule is Cc1ccc(-c2noc(CN3CCN(Cc4nc5ccccc5c(=O)n4Cc4ccco4)CC3)n2)cc1. The van der Waals surface area contributed by atoms with Crippen LogP contribution in [0.3, 0.4) is 0 Å². The molecule has 0 spiro atoms. The number of hydrogen-bond acceptors (Lipinski definition) is 8. The molecule has 0 radical (unpaired) electrons. The van der Waals surface area contributed by atoms with Gasteiger partial charge < -0.3 is 8.94 Å². The van der Waals surface area contributed by atoms with Crippen molar-refractivity contribution in [2.45, 2.75) is 26.6 Å². The number of aryl methyl sites for hydroxylation is 1. The van der Waals surface area contributed by atoms with Crippen LogP contribution in [-0.4, -0.2) is 55.7 Å². The van der Waals surface area contributed by atoms with E-state index in [4.69, 9.17) is 13.9 Å². The molecule has 4 heterocycles. The molecule has 2 aromatic carbocycles. The highest BCUT2D eigenvalue weighted by Gasteiger charge is 2.22. The van der Waals surface area contributed by atoms with Crippen LogP contribution in [0.1, 0.15) is 23.0 Å². The number of aromatic nitrogens is 4. The molecule has 0 amide bonds. The summed E-state index contributed by atoms with van der Waals surface area (Å²) in [7, 11) is 0.